The van der Waals surface area contributed by atoms with Gasteiger partial charge in [0.2, 0.25) is 5.91 Å². The molecule has 0 aromatic heterocycles. The summed E-state index contributed by atoms with van der Waals surface area (Å²) < 4.78 is 0. The van der Waals surface area contributed by atoms with E-state index in [-0.39, 0.29) is 11.8 Å². The zero-order valence-electron chi connectivity index (χ0n) is 8.43. The molecule has 2 amide bonds. The normalized spacial score (nSPS) is 37.2. The summed E-state index contributed by atoms with van der Waals surface area (Å²) in [6.45, 7) is 2.92. The summed E-state index contributed by atoms with van der Waals surface area (Å²) in [5, 5.41) is 8.77. The largest absolute Gasteiger partial charge is 0.465 e. The summed E-state index contributed by atoms with van der Waals surface area (Å²) >= 11 is 0. The molecule has 15 heavy (non-hydrogen) atoms. The summed E-state index contributed by atoms with van der Waals surface area (Å²) in [5.74, 6) is 1.03. The molecule has 3 fully saturated rings. The minimum absolute atomic E-state index is 0.140. The molecule has 3 aliphatic rings. The first-order valence-electron chi connectivity index (χ1n) is 5.45. The van der Waals surface area contributed by atoms with Gasteiger partial charge < -0.3 is 14.9 Å². The molecule has 3 atom stereocenters. The Labute approximate surface area is 87.6 Å². The van der Waals surface area contributed by atoms with Crippen molar-refractivity contribution in [3.63, 3.8) is 0 Å². The third-order valence-corrected chi connectivity index (χ3v) is 3.92. The van der Waals surface area contributed by atoms with Gasteiger partial charge in [0.1, 0.15) is 0 Å². The van der Waals surface area contributed by atoms with Crippen molar-refractivity contribution in [1.29, 1.82) is 0 Å². The average Bonchev–Trinajstić information content (AvgIpc) is 2.58. The first-order chi connectivity index (χ1) is 7.18. The second kappa shape index (κ2) is 2.87. The minimum atomic E-state index is -0.850. The first kappa shape index (κ1) is 9.00. The lowest BCUT2D eigenvalue weighted by atomic mass is 10.1. The molecule has 2 heterocycles. The van der Waals surface area contributed by atoms with Gasteiger partial charge in [-0.05, 0) is 18.3 Å². The zero-order valence-corrected chi connectivity index (χ0v) is 8.43. The van der Waals surface area contributed by atoms with E-state index in [4.69, 9.17) is 5.11 Å². The Balaban J connectivity index is 1.58. The summed E-state index contributed by atoms with van der Waals surface area (Å²) in [5.41, 5.74) is 0. The van der Waals surface area contributed by atoms with Gasteiger partial charge in [0.25, 0.3) is 0 Å². The highest BCUT2D eigenvalue weighted by Crippen LogP contribution is 2.52. The van der Waals surface area contributed by atoms with E-state index in [9.17, 15) is 9.59 Å². The maximum Gasteiger partial charge on any atom is 0.407 e. The zero-order chi connectivity index (χ0) is 10.6. The van der Waals surface area contributed by atoms with Crippen molar-refractivity contribution in [3.8, 4) is 0 Å². The number of carbonyl (C=O) groups is 2. The molecule has 0 aromatic rings. The highest BCUT2D eigenvalue weighted by molar-refractivity contribution is 5.83. The van der Waals surface area contributed by atoms with Gasteiger partial charge in [0.05, 0.1) is 0 Å². The van der Waals surface area contributed by atoms with Crippen LogP contribution in [0.5, 0.6) is 0 Å². The van der Waals surface area contributed by atoms with Crippen LogP contribution in [-0.4, -0.2) is 53.1 Å². The van der Waals surface area contributed by atoms with Crippen LogP contribution in [0.25, 0.3) is 0 Å². The van der Waals surface area contributed by atoms with Crippen LogP contribution < -0.4 is 0 Å². The van der Waals surface area contributed by atoms with Crippen LogP contribution >= 0.6 is 0 Å². The van der Waals surface area contributed by atoms with Gasteiger partial charge in [-0.2, -0.15) is 0 Å². The van der Waals surface area contributed by atoms with Crippen molar-refractivity contribution in [1.82, 2.24) is 9.80 Å². The van der Waals surface area contributed by atoms with Crippen LogP contribution in [0.4, 0.5) is 4.79 Å². The van der Waals surface area contributed by atoms with E-state index in [2.05, 4.69) is 0 Å². The van der Waals surface area contributed by atoms with Crippen LogP contribution in [-0.2, 0) is 4.79 Å². The lowest BCUT2D eigenvalue weighted by Crippen LogP contribution is -2.44. The van der Waals surface area contributed by atoms with Gasteiger partial charge in [-0.15, -0.1) is 0 Å². The molecule has 2 aliphatic heterocycles. The number of rotatable bonds is 1. The quantitative estimate of drug-likeness (QED) is 0.666. The molecule has 1 N–H and O–H groups in total. The van der Waals surface area contributed by atoms with E-state index in [0.717, 1.165) is 19.5 Å². The van der Waals surface area contributed by atoms with Gasteiger partial charge in [0, 0.05) is 32.1 Å². The SMILES string of the molecule is O=C(O)N1C[C@@H]2[C@H](C1)[C@H]2C(=O)N1CCC1. The molecule has 1 saturated carbocycles. The molecule has 1 aliphatic carbocycles. The van der Waals surface area contributed by atoms with E-state index < -0.39 is 6.09 Å². The Kier molecular flexibility index (Phi) is 1.72. The van der Waals surface area contributed by atoms with Gasteiger partial charge in [-0.3, -0.25) is 4.79 Å². The molecule has 3 rings (SSSR count). The maximum absolute atomic E-state index is 11.8. The highest BCUT2D eigenvalue weighted by Gasteiger charge is 2.61. The van der Waals surface area contributed by atoms with Gasteiger partial charge >= 0.3 is 6.09 Å². The van der Waals surface area contributed by atoms with Crippen LogP contribution in [0, 0.1) is 17.8 Å². The van der Waals surface area contributed by atoms with Crippen molar-refractivity contribution in [2.24, 2.45) is 17.8 Å². The van der Waals surface area contributed by atoms with Crippen LogP contribution in [0.3, 0.4) is 0 Å². The molecular weight excluding hydrogens is 196 g/mol. The summed E-state index contributed by atoms with van der Waals surface area (Å²) in [6, 6.07) is 0. The Bertz CT molecular complexity index is 315. The summed E-state index contributed by atoms with van der Waals surface area (Å²) in [6.07, 6.45) is 0.270. The molecule has 0 radical (unpaired) electrons. The number of nitrogens with zero attached hydrogens (tertiary/aromatic N) is 2. The van der Waals surface area contributed by atoms with Crippen LogP contribution in [0.2, 0.25) is 0 Å². The van der Waals surface area contributed by atoms with E-state index in [0.29, 0.717) is 24.9 Å². The minimum Gasteiger partial charge on any atom is -0.465 e. The van der Waals surface area contributed by atoms with Gasteiger partial charge in [-0.25, -0.2) is 4.79 Å². The van der Waals surface area contributed by atoms with Gasteiger partial charge in [-0.1, -0.05) is 0 Å². The molecule has 82 valence electrons. The third-order valence-electron chi connectivity index (χ3n) is 3.92. The smallest absolute Gasteiger partial charge is 0.407 e. The molecule has 0 spiro atoms. The van der Waals surface area contributed by atoms with Crippen molar-refractivity contribution in [3.05, 3.63) is 0 Å². The Morgan fingerprint density at radius 3 is 2.07 bits per heavy atom. The number of likely N-dealkylation sites (tertiary alicyclic amines) is 2. The monoisotopic (exact) mass is 210 g/mol. The molecule has 2 saturated heterocycles. The number of hydrogen-bond acceptors (Lipinski definition) is 2. The van der Waals surface area contributed by atoms with E-state index in [1.807, 2.05) is 4.90 Å². The Hall–Kier alpha value is -1.26. The number of carboxylic acid groups (broad SMARTS) is 1. The Morgan fingerprint density at radius 1 is 1.07 bits per heavy atom. The number of carbonyl (C=O) groups excluding carboxylic acids is 1. The fourth-order valence-electron chi connectivity index (χ4n) is 2.80. The lowest BCUT2D eigenvalue weighted by molar-refractivity contribution is -0.137. The lowest BCUT2D eigenvalue weighted by Gasteiger charge is -2.32. The molecular formula is C10H14N2O3. The van der Waals surface area contributed by atoms with Crippen molar-refractivity contribution >= 4 is 12.0 Å². The number of amides is 2. The fraction of sp³-hybridized carbons (Fsp3) is 0.800. The first-order valence-corrected chi connectivity index (χ1v) is 5.45. The summed E-state index contributed by atoms with van der Waals surface area (Å²) in [4.78, 5) is 25.8. The Morgan fingerprint density at radius 2 is 1.67 bits per heavy atom. The molecule has 0 aromatic carbocycles. The van der Waals surface area contributed by atoms with Crippen molar-refractivity contribution in [2.75, 3.05) is 26.2 Å². The number of hydrogen-bond donors (Lipinski definition) is 1. The second-order valence-electron chi connectivity index (χ2n) is 4.72. The average molecular weight is 210 g/mol. The maximum atomic E-state index is 11.8. The topological polar surface area (TPSA) is 60.9 Å². The van der Waals surface area contributed by atoms with Crippen molar-refractivity contribution in [2.45, 2.75) is 6.42 Å². The highest BCUT2D eigenvalue weighted by atomic mass is 16.4. The van der Waals surface area contributed by atoms with E-state index in [1.54, 1.807) is 0 Å². The van der Waals surface area contributed by atoms with Crippen LogP contribution in [0.15, 0.2) is 0 Å². The molecule has 0 bridgehead atoms. The molecule has 0 unspecified atom stereocenters. The predicted octanol–water partition coefficient (Wildman–Crippen LogP) is 0.0745. The second-order valence-corrected chi connectivity index (χ2v) is 4.72. The van der Waals surface area contributed by atoms with Gasteiger partial charge in [0.15, 0.2) is 0 Å². The molecule has 5 heteroatoms. The third kappa shape index (κ3) is 1.22. The predicted molar refractivity (Wildman–Crippen MR) is 51.3 cm³/mol. The summed E-state index contributed by atoms with van der Waals surface area (Å²) in [7, 11) is 0. The van der Waals surface area contributed by atoms with E-state index in [1.165, 1.54) is 4.90 Å². The van der Waals surface area contributed by atoms with Crippen LogP contribution in [0.1, 0.15) is 6.42 Å². The standard InChI is InChI=1S/C10H14N2O3/c13-9(11-2-1-3-11)8-6-4-12(10(14)15)5-7(6)8/h6-8H,1-5H2,(H,14,15)/t6-,7+,8+. The fourth-order valence-corrected chi connectivity index (χ4v) is 2.80. The number of piperidine rings is 1. The number of fused-ring (bicyclic) bond motifs is 1. The molecule has 5 nitrogen and oxygen atoms in total. The van der Waals surface area contributed by atoms with Crippen molar-refractivity contribution < 1.29 is 14.7 Å². The van der Waals surface area contributed by atoms with E-state index >= 15 is 0 Å².